The van der Waals surface area contributed by atoms with Crippen molar-refractivity contribution in [3.05, 3.63) is 24.3 Å². The van der Waals surface area contributed by atoms with Gasteiger partial charge in [-0.2, -0.15) is 0 Å². The van der Waals surface area contributed by atoms with Crippen LogP contribution < -0.4 is 14.9 Å². The number of nitrogens with zero attached hydrogens (tertiary/aromatic N) is 1. The van der Waals surface area contributed by atoms with E-state index in [2.05, 4.69) is 10.6 Å². The van der Waals surface area contributed by atoms with Crippen LogP contribution in [0.2, 0.25) is 0 Å². The Morgan fingerprint density at radius 1 is 1.20 bits per heavy atom. The summed E-state index contributed by atoms with van der Waals surface area (Å²) in [4.78, 5) is 12.6. The topological polar surface area (TPSA) is 78.5 Å². The molecule has 6 nitrogen and oxygen atoms in total. The Bertz CT molecular complexity index is 751. The molecule has 1 aromatic carbocycles. The molecule has 3 atom stereocenters. The number of benzene rings is 1. The lowest BCUT2D eigenvalue weighted by Crippen LogP contribution is -2.39. The number of sulfonamides is 1. The number of rotatable bonds is 3. The van der Waals surface area contributed by atoms with Crippen molar-refractivity contribution in [2.75, 3.05) is 21.9 Å². The van der Waals surface area contributed by atoms with Gasteiger partial charge in [-0.25, -0.2) is 8.42 Å². The van der Waals surface area contributed by atoms with Gasteiger partial charge in [-0.05, 0) is 49.8 Å². The molecule has 136 valence electrons. The Hall–Kier alpha value is -1.60. The van der Waals surface area contributed by atoms with Gasteiger partial charge in [0.2, 0.25) is 15.9 Å². The number of fused-ring (bicyclic) bond motifs is 1. The van der Waals surface area contributed by atoms with Crippen molar-refractivity contribution in [2.24, 2.45) is 5.92 Å². The summed E-state index contributed by atoms with van der Waals surface area (Å²) in [5.74, 6) is 0.791. The first-order valence-electron chi connectivity index (χ1n) is 9.20. The van der Waals surface area contributed by atoms with Gasteiger partial charge in [-0.3, -0.25) is 9.10 Å². The molecule has 25 heavy (non-hydrogen) atoms. The molecule has 4 rings (SSSR count). The van der Waals surface area contributed by atoms with E-state index < -0.39 is 10.0 Å². The van der Waals surface area contributed by atoms with Crippen LogP contribution in [0.4, 0.5) is 11.4 Å². The quantitative estimate of drug-likeness (QED) is 0.862. The highest BCUT2D eigenvalue weighted by molar-refractivity contribution is 7.93. The summed E-state index contributed by atoms with van der Waals surface area (Å²) >= 11 is 0. The highest BCUT2D eigenvalue weighted by atomic mass is 32.2. The number of nitrogens with one attached hydrogen (secondary N) is 2. The minimum atomic E-state index is -3.21. The lowest BCUT2D eigenvalue weighted by Gasteiger charge is -2.24. The number of amides is 1. The van der Waals surface area contributed by atoms with Crippen molar-refractivity contribution in [1.29, 1.82) is 0 Å². The SMILES string of the molecule is O=C(Nc1cccc(N2CCCS2(=O)=O)c1)C1CC2CCCCC2N1. The molecule has 2 aliphatic heterocycles. The predicted molar refractivity (Wildman–Crippen MR) is 98.1 cm³/mol. The smallest absolute Gasteiger partial charge is 0.241 e. The average molecular weight is 363 g/mol. The van der Waals surface area contributed by atoms with Gasteiger partial charge in [0, 0.05) is 18.3 Å². The van der Waals surface area contributed by atoms with E-state index in [4.69, 9.17) is 0 Å². The van der Waals surface area contributed by atoms with Crippen LogP contribution in [0.3, 0.4) is 0 Å². The van der Waals surface area contributed by atoms with Crippen LogP contribution in [0.25, 0.3) is 0 Å². The van der Waals surface area contributed by atoms with Gasteiger partial charge in [-0.1, -0.05) is 18.9 Å². The van der Waals surface area contributed by atoms with Gasteiger partial charge in [0.1, 0.15) is 0 Å². The fraction of sp³-hybridized carbons (Fsp3) is 0.611. The predicted octanol–water partition coefficient (Wildman–Crippen LogP) is 2.09. The van der Waals surface area contributed by atoms with E-state index in [-0.39, 0.29) is 17.7 Å². The van der Waals surface area contributed by atoms with Crippen LogP contribution in [0, 0.1) is 5.92 Å². The average Bonchev–Trinajstić information content (AvgIpc) is 3.17. The second-order valence-corrected chi connectivity index (χ2v) is 9.40. The first kappa shape index (κ1) is 16.8. The van der Waals surface area contributed by atoms with Crippen LogP contribution >= 0.6 is 0 Å². The number of hydrogen-bond donors (Lipinski definition) is 2. The second-order valence-electron chi connectivity index (χ2n) is 7.39. The lowest BCUT2D eigenvalue weighted by atomic mass is 9.85. The lowest BCUT2D eigenvalue weighted by molar-refractivity contribution is -0.117. The van der Waals surface area contributed by atoms with Crippen LogP contribution in [0.15, 0.2) is 24.3 Å². The summed E-state index contributed by atoms with van der Waals surface area (Å²) in [7, 11) is -3.21. The molecule has 2 saturated heterocycles. The number of carbonyl (C=O) groups is 1. The van der Waals surface area contributed by atoms with Gasteiger partial charge in [0.15, 0.2) is 0 Å². The Kier molecular flexibility index (Phi) is 4.45. The van der Waals surface area contributed by atoms with Crippen LogP contribution in [0.1, 0.15) is 38.5 Å². The summed E-state index contributed by atoms with van der Waals surface area (Å²) in [6.07, 6.45) is 6.43. The molecule has 1 aliphatic carbocycles. The molecule has 0 aromatic heterocycles. The Labute approximate surface area is 149 Å². The van der Waals surface area contributed by atoms with Crippen molar-refractivity contribution in [1.82, 2.24) is 5.32 Å². The van der Waals surface area contributed by atoms with Crippen molar-refractivity contribution in [2.45, 2.75) is 50.6 Å². The van der Waals surface area contributed by atoms with E-state index in [9.17, 15) is 13.2 Å². The van der Waals surface area contributed by atoms with Crippen LogP contribution in [-0.4, -0.2) is 38.7 Å². The minimum Gasteiger partial charge on any atom is -0.325 e. The van der Waals surface area contributed by atoms with E-state index in [1.165, 1.54) is 23.6 Å². The zero-order valence-electron chi connectivity index (χ0n) is 14.3. The molecule has 0 bridgehead atoms. The highest BCUT2D eigenvalue weighted by Gasteiger charge is 2.38. The summed E-state index contributed by atoms with van der Waals surface area (Å²) < 4.78 is 25.6. The monoisotopic (exact) mass is 363 g/mol. The molecule has 0 radical (unpaired) electrons. The maximum atomic E-state index is 12.6. The van der Waals surface area contributed by atoms with Crippen molar-refractivity contribution in [3.63, 3.8) is 0 Å². The molecule has 3 aliphatic rings. The first-order chi connectivity index (χ1) is 12.0. The van der Waals surface area contributed by atoms with Crippen molar-refractivity contribution < 1.29 is 13.2 Å². The maximum absolute atomic E-state index is 12.6. The molecular formula is C18H25N3O3S. The second kappa shape index (κ2) is 6.61. The van der Waals surface area contributed by atoms with E-state index >= 15 is 0 Å². The van der Waals surface area contributed by atoms with Crippen LogP contribution in [0.5, 0.6) is 0 Å². The Balaban J connectivity index is 1.44. The van der Waals surface area contributed by atoms with E-state index in [1.807, 2.05) is 6.07 Å². The highest BCUT2D eigenvalue weighted by Crippen LogP contribution is 2.33. The summed E-state index contributed by atoms with van der Waals surface area (Å²) in [5, 5.41) is 6.44. The molecule has 0 spiro atoms. The molecule has 3 unspecified atom stereocenters. The maximum Gasteiger partial charge on any atom is 0.241 e. The molecular weight excluding hydrogens is 338 g/mol. The van der Waals surface area contributed by atoms with Gasteiger partial charge >= 0.3 is 0 Å². The Morgan fingerprint density at radius 2 is 2.04 bits per heavy atom. The third-order valence-corrected chi connectivity index (χ3v) is 7.55. The van der Waals surface area contributed by atoms with Gasteiger partial charge < -0.3 is 10.6 Å². The summed E-state index contributed by atoms with van der Waals surface area (Å²) in [6.45, 7) is 0.507. The minimum absolute atomic E-state index is 0.0178. The van der Waals surface area contributed by atoms with Gasteiger partial charge in [0.25, 0.3) is 0 Å². The largest absolute Gasteiger partial charge is 0.325 e. The fourth-order valence-corrected chi connectivity index (χ4v) is 5.98. The third kappa shape index (κ3) is 3.40. The zero-order chi connectivity index (χ0) is 17.4. The van der Waals surface area contributed by atoms with E-state index in [1.54, 1.807) is 18.2 Å². The number of carbonyl (C=O) groups excluding carboxylic acids is 1. The normalized spacial score (nSPS) is 30.9. The molecule has 2 N–H and O–H groups in total. The van der Waals surface area contributed by atoms with Crippen LogP contribution in [-0.2, 0) is 14.8 Å². The molecule has 7 heteroatoms. The van der Waals surface area contributed by atoms with Crippen molar-refractivity contribution >= 4 is 27.3 Å². The van der Waals surface area contributed by atoms with E-state index in [0.29, 0.717) is 36.3 Å². The first-order valence-corrected chi connectivity index (χ1v) is 10.8. The molecule has 1 saturated carbocycles. The molecule has 2 heterocycles. The standard InChI is InChI=1S/C18H25N3O3S/c22-18(17-11-13-5-1-2-8-16(13)20-17)19-14-6-3-7-15(12-14)21-9-4-10-25(21,23)24/h3,6-7,12-13,16-17,20H,1-2,4-5,8-11H2,(H,19,22). The van der Waals surface area contributed by atoms with Crippen molar-refractivity contribution in [3.8, 4) is 0 Å². The molecule has 1 aromatic rings. The fourth-order valence-electron chi connectivity index (χ4n) is 4.42. The van der Waals surface area contributed by atoms with Gasteiger partial charge in [-0.15, -0.1) is 0 Å². The Morgan fingerprint density at radius 3 is 2.80 bits per heavy atom. The number of anilines is 2. The van der Waals surface area contributed by atoms with E-state index in [0.717, 1.165) is 12.8 Å². The third-order valence-electron chi connectivity index (χ3n) is 5.68. The molecule has 1 amide bonds. The molecule has 3 fully saturated rings. The zero-order valence-corrected chi connectivity index (χ0v) is 15.1. The summed E-state index contributed by atoms with van der Waals surface area (Å²) in [6, 6.07) is 7.47. The van der Waals surface area contributed by atoms with Gasteiger partial charge in [0.05, 0.1) is 17.5 Å². The number of hydrogen-bond acceptors (Lipinski definition) is 4. The summed E-state index contributed by atoms with van der Waals surface area (Å²) in [5.41, 5.74) is 1.28.